The van der Waals surface area contributed by atoms with E-state index in [1.54, 1.807) is 0 Å². The van der Waals surface area contributed by atoms with Crippen molar-refractivity contribution in [2.75, 3.05) is 0 Å². The van der Waals surface area contributed by atoms with E-state index < -0.39 is 5.97 Å². The van der Waals surface area contributed by atoms with Crippen LogP contribution < -0.4 is 0 Å². The number of aryl methyl sites for hydroxylation is 2. The van der Waals surface area contributed by atoms with Crippen LogP contribution in [-0.4, -0.2) is 15.6 Å². The van der Waals surface area contributed by atoms with Gasteiger partial charge in [0, 0.05) is 19.2 Å². The van der Waals surface area contributed by atoms with Gasteiger partial charge in [-0.05, 0) is 30.4 Å². The Balaban J connectivity index is 2.42. The maximum Gasteiger partial charge on any atom is 0.303 e. The average molecular weight is 217 g/mol. The zero-order chi connectivity index (χ0) is 11.5. The van der Waals surface area contributed by atoms with Crippen molar-refractivity contribution in [3.05, 3.63) is 36.0 Å². The lowest BCUT2D eigenvalue weighted by Gasteiger charge is -2.06. The van der Waals surface area contributed by atoms with Crippen LogP contribution in [0.2, 0.25) is 0 Å². The van der Waals surface area contributed by atoms with Crippen molar-refractivity contribution >= 4 is 16.9 Å². The highest BCUT2D eigenvalue weighted by Gasteiger charge is 2.07. The maximum atomic E-state index is 10.6. The number of carboxylic acid groups (broad SMARTS) is 1. The van der Waals surface area contributed by atoms with E-state index in [1.165, 1.54) is 10.9 Å². The summed E-state index contributed by atoms with van der Waals surface area (Å²) in [5, 5.41) is 9.90. The molecule has 0 fully saturated rings. The summed E-state index contributed by atoms with van der Waals surface area (Å²) in [5.74, 6) is -0.744. The molecule has 0 amide bonds. The second-order valence-electron chi connectivity index (χ2n) is 3.85. The number of nitrogens with zero attached hydrogens (tertiary/aromatic N) is 1. The third kappa shape index (κ3) is 1.94. The molecule has 0 spiro atoms. The number of hydrogen-bond acceptors (Lipinski definition) is 1. The highest BCUT2D eigenvalue weighted by atomic mass is 16.4. The second kappa shape index (κ2) is 4.39. The molecule has 0 saturated heterocycles. The normalized spacial score (nSPS) is 10.8. The summed E-state index contributed by atoms with van der Waals surface area (Å²) in [4.78, 5) is 10.6. The van der Waals surface area contributed by atoms with Crippen LogP contribution in [0.25, 0.3) is 10.9 Å². The molecule has 0 aliphatic rings. The molecule has 3 nitrogen and oxygen atoms in total. The minimum Gasteiger partial charge on any atom is -0.481 e. The molecule has 2 aromatic rings. The summed E-state index contributed by atoms with van der Waals surface area (Å²) in [7, 11) is 0. The third-order valence-electron chi connectivity index (χ3n) is 2.82. The molecule has 3 heteroatoms. The van der Waals surface area contributed by atoms with Gasteiger partial charge >= 0.3 is 5.97 Å². The first kappa shape index (κ1) is 10.7. The molecule has 0 atom stereocenters. The number of benzene rings is 1. The van der Waals surface area contributed by atoms with E-state index in [0.29, 0.717) is 6.42 Å². The highest BCUT2D eigenvalue weighted by molar-refractivity contribution is 5.83. The molecule has 0 unspecified atom stereocenters. The largest absolute Gasteiger partial charge is 0.481 e. The van der Waals surface area contributed by atoms with Crippen LogP contribution >= 0.6 is 0 Å². The summed E-state index contributed by atoms with van der Waals surface area (Å²) >= 11 is 0. The molecule has 0 radical (unpaired) electrons. The molecule has 1 N–H and O–H groups in total. The number of aromatic nitrogens is 1. The zero-order valence-corrected chi connectivity index (χ0v) is 9.31. The zero-order valence-electron chi connectivity index (χ0n) is 9.31. The lowest BCUT2D eigenvalue weighted by molar-refractivity contribution is -0.136. The van der Waals surface area contributed by atoms with Crippen molar-refractivity contribution in [2.24, 2.45) is 0 Å². The van der Waals surface area contributed by atoms with Crippen LogP contribution in [0.5, 0.6) is 0 Å². The summed E-state index contributed by atoms with van der Waals surface area (Å²) in [6.07, 6.45) is 2.83. The molecule has 1 aromatic carbocycles. The number of hydrogen-bond donors (Lipinski definition) is 1. The van der Waals surface area contributed by atoms with Gasteiger partial charge in [0.05, 0.1) is 5.52 Å². The van der Waals surface area contributed by atoms with Gasteiger partial charge < -0.3 is 9.67 Å². The van der Waals surface area contributed by atoms with Crippen LogP contribution in [0.1, 0.15) is 18.9 Å². The number of aliphatic carboxylic acids is 1. The summed E-state index contributed by atoms with van der Waals surface area (Å²) in [6.45, 7) is 3.00. The van der Waals surface area contributed by atoms with Crippen LogP contribution in [0.4, 0.5) is 0 Å². The summed E-state index contributed by atoms with van der Waals surface area (Å²) in [5.41, 5.74) is 2.29. The van der Waals surface area contributed by atoms with Crippen LogP contribution in [0, 0.1) is 0 Å². The van der Waals surface area contributed by atoms with Crippen molar-refractivity contribution < 1.29 is 9.90 Å². The Morgan fingerprint density at radius 3 is 2.88 bits per heavy atom. The van der Waals surface area contributed by atoms with Gasteiger partial charge in [-0.3, -0.25) is 4.79 Å². The first-order chi connectivity index (χ1) is 7.72. The second-order valence-corrected chi connectivity index (χ2v) is 3.85. The average Bonchev–Trinajstić information content (AvgIpc) is 2.69. The number of rotatable bonds is 4. The van der Waals surface area contributed by atoms with Gasteiger partial charge in [0.25, 0.3) is 0 Å². The molecule has 0 aliphatic heterocycles. The van der Waals surface area contributed by atoms with Crippen LogP contribution in [0.15, 0.2) is 30.5 Å². The van der Waals surface area contributed by atoms with E-state index in [1.807, 2.05) is 12.1 Å². The molecule has 16 heavy (non-hydrogen) atoms. The SMILES string of the molecule is CCn1ccc2cccc(CCC(=O)O)c21. The fourth-order valence-corrected chi connectivity index (χ4v) is 2.05. The van der Waals surface area contributed by atoms with Gasteiger partial charge in [0.15, 0.2) is 0 Å². The van der Waals surface area contributed by atoms with Crippen molar-refractivity contribution in [3.63, 3.8) is 0 Å². The quantitative estimate of drug-likeness (QED) is 0.855. The van der Waals surface area contributed by atoms with Crippen molar-refractivity contribution in [1.82, 2.24) is 4.57 Å². The molecular formula is C13H15NO2. The van der Waals surface area contributed by atoms with E-state index in [-0.39, 0.29) is 6.42 Å². The molecular weight excluding hydrogens is 202 g/mol. The smallest absolute Gasteiger partial charge is 0.303 e. The Morgan fingerprint density at radius 1 is 1.38 bits per heavy atom. The lowest BCUT2D eigenvalue weighted by atomic mass is 10.1. The predicted molar refractivity (Wildman–Crippen MR) is 63.6 cm³/mol. The minimum atomic E-state index is -0.744. The van der Waals surface area contributed by atoms with Crippen molar-refractivity contribution in [2.45, 2.75) is 26.3 Å². The van der Waals surface area contributed by atoms with Gasteiger partial charge in [0.2, 0.25) is 0 Å². The van der Waals surface area contributed by atoms with Gasteiger partial charge in [0.1, 0.15) is 0 Å². The Labute approximate surface area is 94.3 Å². The Hall–Kier alpha value is -1.77. The first-order valence-electron chi connectivity index (χ1n) is 5.51. The minimum absolute atomic E-state index is 0.188. The summed E-state index contributed by atoms with van der Waals surface area (Å²) < 4.78 is 2.16. The topological polar surface area (TPSA) is 42.2 Å². The summed E-state index contributed by atoms with van der Waals surface area (Å²) in [6, 6.07) is 8.13. The predicted octanol–water partition coefficient (Wildman–Crippen LogP) is 2.68. The van der Waals surface area contributed by atoms with Gasteiger partial charge in [-0.25, -0.2) is 0 Å². The number of carboxylic acids is 1. The highest BCUT2D eigenvalue weighted by Crippen LogP contribution is 2.21. The molecule has 1 aromatic heterocycles. The van der Waals surface area contributed by atoms with Crippen molar-refractivity contribution in [3.8, 4) is 0 Å². The Kier molecular flexibility index (Phi) is 2.95. The molecule has 0 saturated carbocycles. The van der Waals surface area contributed by atoms with E-state index in [9.17, 15) is 4.79 Å². The number of para-hydroxylation sites is 1. The molecule has 1 heterocycles. The van der Waals surface area contributed by atoms with Crippen LogP contribution in [-0.2, 0) is 17.8 Å². The standard InChI is InChI=1S/C13H15NO2/c1-2-14-9-8-11-5-3-4-10(13(11)14)6-7-12(15)16/h3-5,8-9H,2,6-7H2,1H3,(H,15,16). The van der Waals surface area contributed by atoms with E-state index in [0.717, 1.165) is 12.1 Å². The molecule has 2 rings (SSSR count). The van der Waals surface area contributed by atoms with Gasteiger partial charge in [-0.1, -0.05) is 18.2 Å². The van der Waals surface area contributed by atoms with E-state index in [4.69, 9.17) is 5.11 Å². The van der Waals surface area contributed by atoms with Gasteiger partial charge in [-0.2, -0.15) is 0 Å². The number of carbonyl (C=O) groups is 1. The fraction of sp³-hybridized carbons (Fsp3) is 0.308. The Bertz CT molecular complexity index is 514. The lowest BCUT2D eigenvalue weighted by Crippen LogP contribution is -2.00. The monoisotopic (exact) mass is 217 g/mol. The maximum absolute atomic E-state index is 10.6. The van der Waals surface area contributed by atoms with E-state index in [2.05, 4.69) is 29.8 Å². The first-order valence-corrected chi connectivity index (χ1v) is 5.51. The Morgan fingerprint density at radius 2 is 2.19 bits per heavy atom. The van der Waals surface area contributed by atoms with E-state index >= 15 is 0 Å². The fourth-order valence-electron chi connectivity index (χ4n) is 2.05. The molecule has 0 bridgehead atoms. The molecule has 84 valence electrons. The van der Waals surface area contributed by atoms with Crippen molar-refractivity contribution in [1.29, 1.82) is 0 Å². The van der Waals surface area contributed by atoms with Gasteiger partial charge in [-0.15, -0.1) is 0 Å². The third-order valence-corrected chi connectivity index (χ3v) is 2.82. The van der Waals surface area contributed by atoms with Crippen LogP contribution in [0.3, 0.4) is 0 Å². The molecule has 0 aliphatic carbocycles. The number of fused-ring (bicyclic) bond motifs is 1.